The van der Waals surface area contributed by atoms with Gasteiger partial charge in [-0.15, -0.1) is 0 Å². The average molecular weight is 319 g/mol. The highest BCUT2D eigenvalue weighted by Crippen LogP contribution is 2.28. The van der Waals surface area contributed by atoms with Crippen LogP contribution >= 0.6 is 23.2 Å². The molecule has 2 heterocycles. The zero-order valence-electron chi connectivity index (χ0n) is 10.5. The Labute approximate surface area is 130 Å². The van der Waals surface area contributed by atoms with Crippen molar-refractivity contribution in [2.24, 2.45) is 0 Å². The number of fused-ring (bicyclic) bond motifs is 1. The van der Waals surface area contributed by atoms with Crippen molar-refractivity contribution in [2.75, 3.05) is 5.32 Å². The fourth-order valence-electron chi connectivity index (χ4n) is 1.86. The Kier molecular flexibility index (Phi) is 3.68. The first-order valence-electron chi connectivity index (χ1n) is 5.97. The molecule has 0 fully saturated rings. The number of amides is 1. The molecule has 7 heteroatoms. The lowest BCUT2D eigenvalue weighted by Gasteiger charge is -2.08. The molecule has 21 heavy (non-hydrogen) atoms. The molecule has 0 atom stereocenters. The third-order valence-electron chi connectivity index (χ3n) is 2.82. The molecule has 3 rings (SSSR count). The van der Waals surface area contributed by atoms with Crippen molar-refractivity contribution < 1.29 is 4.79 Å². The molecule has 0 aliphatic carbocycles. The number of rotatable bonds is 2. The minimum atomic E-state index is -0.383. The van der Waals surface area contributed by atoms with Gasteiger partial charge in [0.1, 0.15) is 10.8 Å². The highest BCUT2D eigenvalue weighted by molar-refractivity contribution is 6.35. The van der Waals surface area contributed by atoms with Gasteiger partial charge in [0.05, 0.1) is 28.6 Å². The summed E-state index contributed by atoms with van der Waals surface area (Å²) >= 11 is 11.7. The van der Waals surface area contributed by atoms with Gasteiger partial charge in [-0.1, -0.05) is 23.2 Å². The van der Waals surface area contributed by atoms with E-state index in [0.29, 0.717) is 16.2 Å². The summed E-state index contributed by atoms with van der Waals surface area (Å²) in [6.07, 6.45) is 4.27. The van der Waals surface area contributed by atoms with Crippen molar-refractivity contribution in [1.29, 1.82) is 0 Å². The number of aromatic nitrogens is 3. The van der Waals surface area contributed by atoms with Crippen LogP contribution < -0.4 is 5.32 Å². The van der Waals surface area contributed by atoms with Crippen LogP contribution in [0.2, 0.25) is 10.2 Å². The number of nitrogens with one attached hydrogen (secondary N) is 1. The SMILES string of the molecule is O=C(Nc1ccc(Cl)c2ncccc12)c1cnc(Cl)cn1. The summed E-state index contributed by atoms with van der Waals surface area (Å²) in [5.41, 5.74) is 1.40. The van der Waals surface area contributed by atoms with E-state index in [0.717, 1.165) is 5.39 Å². The van der Waals surface area contributed by atoms with Gasteiger partial charge in [0.15, 0.2) is 0 Å². The summed E-state index contributed by atoms with van der Waals surface area (Å²) in [5.74, 6) is -0.383. The molecule has 0 saturated heterocycles. The average Bonchev–Trinajstić information content (AvgIpc) is 2.51. The third-order valence-corrected chi connectivity index (χ3v) is 3.32. The second-order valence-electron chi connectivity index (χ2n) is 4.17. The van der Waals surface area contributed by atoms with E-state index in [1.807, 2.05) is 6.07 Å². The van der Waals surface area contributed by atoms with E-state index in [4.69, 9.17) is 23.2 Å². The Balaban J connectivity index is 1.97. The zero-order chi connectivity index (χ0) is 14.8. The lowest BCUT2D eigenvalue weighted by Crippen LogP contribution is -2.14. The second-order valence-corrected chi connectivity index (χ2v) is 4.97. The van der Waals surface area contributed by atoms with Gasteiger partial charge in [-0.25, -0.2) is 9.97 Å². The molecule has 0 saturated carbocycles. The van der Waals surface area contributed by atoms with E-state index >= 15 is 0 Å². The van der Waals surface area contributed by atoms with E-state index in [-0.39, 0.29) is 16.8 Å². The molecule has 1 amide bonds. The molecule has 1 N–H and O–H groups in total. The maximum Gasteiger partial charge on any atom is 0.275 e. The van der Waals surface area contributed by atoms with Gasteiger partial charge in [0.25, 0.3) is 5.91 Å². The number of hydrogen-bond acceptors (Lipinski definition) is 4. The number of nitrogens with zero attached hydrogens (tertiary/aromatic N) is 3. The summed E-state index contributed by atoms with van der Waals surface area (Å²) < 4.78 is 0. The minimum absolute atomic E-state index is 0.173. The maximum absolute atomic E-state index is 12.1. The maximum atomic E-state index is 12.1. The standard InChI is InChI=1S/C14H8Cl2N4O/c15-9-3-4-10(8-2-1-5-17-13(8)9)20-14(21)11-6-19-12(16)7-18-11/h1-7H,(H,20,21). The number of pyridine rings is 1. The first kappa shape index (κ1) is 13.7. The van der Waals surface area contributed by atoms with Crippen LogP contribution in [-0.2, 0) is 0 Å². The highest BCUT2D eigenvalue weighted by atomic mass is 35.5. The predicted molar refractivity (Wildman–Crippen MR) is 81.7 cm³/mol. The molecule has 0 radical (unpaired) electrons. The lowest BCUT2D eigenvalue weighted by atomic mass is 10.2. The highest BCUT2D eigenvalue weighted by Gasteiger charge is 2.11. The summed E-state index contributed by atoms with van der Waals surface area (Å²) in [4.78, 5) is 24.1. The second kappa shape index (κ2) is 5.63. The molecule has 0 unspecified atom stereocenters. The molecule has 0 spiro atoms. The van der Waals surface area contributed by atoms with Crippen LogP contribution in [0, 0.1) is 0 Å². The zero-order valence-corrected chi connectivity index (χ0v) is 12.1. The Morgan fingerprint density at radius 3 is 2.67 bits per heavy atom. The van der Waals surface area contributed by atoms with Crippen molar-refractivity contribution in [3.05, 3.63) is 58.7 Å². The van der Waals surface area contributed by atoms with Crippen LogP contribution in [0.15, 0.2) is 42.9 Å². The molecular formula is C14H8Cl2N4O. The first-order valence-corrected chi connectivity index (χ1v) is 6.73. The van der Waals surface area contributed by atoms with Crippen LogP contribution in [0.1, 0.15) is 10.5 Å². The molecule has 2 aromatic heterocycles. The smallest absolute Gasteiger partial charge is 0.275 e. The number of carbonyl (C=O) groups excluding carboxylic acids is 1. The normalized spacial score (nSPS) is 10.6. The summed E-state index contributed by atoms with van der Waals surface area (Å²) in [5, 5.41) is 4.27. The molecule has 0 aliphatic heterocycles. The Hall–Kier alpha value is -2.24. The summed E-state index contributed by atoms with van der Waals surface area (Å²) in [6.45, 7) is 0. The number of benzene rings is 1. The number of halogens is 2. The molecule has 5 nitrogen and oxygen atoms in total. The third kappa shape index (κ3) is 2.79. The van der Waals surface area contributed by atoms with Crippen molar-refractivity contribution in [3.63, 3.8) is 0 Å². The summed E-state index contributed by atoms with van der Waals surface area (Å²) in [7, 11) is 0. The quantitative estimate of drug-likeness (QED) is 0.784. The molecule has 3 aromatic rings. The van der Waals surface area contributed by atoms with Gasteiger partial charge in [-0.3, -0.25) is 9.78 Å². The van der Waals surface area contributed by atoms with Gasteiger partial charge < -0.3 is 5.32 Å². The van der Waals surface area contributed by atoms with E-state index in [1.165, 1.54) is 12.4 Å². The first-order chi connectivity index (χ1) is 10.1. The van der Waals surface area contributed by atoms with Crippen LogP contribution in [0.3, 0.4) is 0 Å². The summed E-state index contributed by atoms with van der Waals surface area (Å²) in [6, 6.07) is 7.00. The van der Waals surface area contributed by atoms with Gasteiger partial charge in [-0.05, 0) is 24.3 Å². The number of anilines is 1. The lowest BCUT2D eigenvalue weighted by molar-refractivity contribution is 0.102. The Morgan fingerprint density at radius 2 is 1.90 bits per heavy atom. The topological polar surface area (TPSA) is 67.8 Å². The van der Waals surface area contributed by atoms with E-state index < -0.39 is 0 Å². The van der Waals surface area contributed by atoms with Crippen molar-refractivity contribution in [1.82, 2.24) is 15.0 Å². The van der Waals surface area contributed by atoms with Crippen molar-refractivity contribution in [3.8, 4) is 0 Å². The molecule has 0 aliphatic rings. The predicted octanol–water partition coefficient (Wildman–Crippen LogP) is 3.58. The Morgan fingerprint density at radius 1 is 1.05 bits per heavy atom. The monoisotopic (exact) mass is 318 g/mol. The van der Waals surface area contributed by atoms with Gasteiger partial charge in [-0.2, -0.15) is 0 Å². The fourth-order valence-corrected chi connectivity index (χ4v) is 2.17. The van der Waals surface area contributed by atoms with Crippen molar-refractivity contribution >= 4 is 45.7 Å². The minimum Gasteiger partial charge on any atom is -0.320 e. The van der Waals surface area contributed by atoms with E-state index in [9.17, 15) is 4.79 Å². The Bertz CT molecular complexity index is 821. The molecule has 0 bridgehead atoms. The molecule has 104 valence electrons. The fraction of sp³-hybridized carbons (Fsp3) is 0. The number of carbonyl (C=O) groups is 1. The van der Waals surface area contributed by atoms with Crippen LogP contribution in [0.25, 0.3) is 10.9 Å². The van der Waals surface area contributed by atoms with Crippen LogP contribution in [-0.4, -0.2) is 20.9 Å². The molecular weight excluding hydrogens is 311 g/mol. The number of hydrogen-bond donors (Lipinski definition) is 1. The van der Waals surface area contributed by atoms with Gasteiger partial charge >= 0.3 is 0 Å². The van der Waals surface area contributed by atoms with E-state index in [1.54, 1.807) is 24.4 Å². The largest absolute Gasteiger partial charge is 0.320 e. The van der Waals surface area contributed by atoms with E-state index in [2.05, 4.69) is 20.3 Å². The van der Waals surface area contributed by atoms with Crippen LogP contribution in [0.4, 0.5) is 5.69 Å². The van der Waals surface area contributed by atoms with Gasteiger partial charge in [0, 0.05) is 11.6 Å². The van der Waals surface area contributed by atoms with Crippen LogP contribution in [0.5, 0.6) is 0 Å². The molecule has 1 aromatic carbocycles. The van der Waals surface area contributed by atoms with Gasteiger partial charge in [0.2, 0.25) is 0 Å². The van der Waals surface area contributed by atoms with Crippen molar-refractivity contribution in [2.45, 2.75) is 0 Å².